The fourth-order valence-electron chi connectivity index (χ4n) is 2.49. The second-order valence-electron chi connectivity index (χ2n) is 4.87. The maximum Gasteiger partial charge on any atom is 0.250 e. The van der Waals surface area contributed by atoms with E-state index in [0.29, 0.717) is 28.6 Å². The standard InChI is InChI=1S/C12H17Cl2NO2S2/c13-7-9-3-1-2-4-10(9)8-15-19(16,17)12-6-5-11(14)18-12/h5-6,9-10,15H,1-4,7-8H2. The molecule has 19 heavy (non-hydrogen) atoms. The van der Waals surface area contributed by atoms with E-state index < -0.39 is 10.0 Å². The number of nitrogens with one attached hydrogen (secondary N) is 1. The third-order valence-electron chi connectivity index (χ3n) is 3.61. The summed E-state index contributed by atoms with van der Waals surface area (Å²) in [6.45, 7) is 0.467. The first kappa shape index (κ1) is 15.6. The fraction of sp³-hybridized carbons (Fsp3) is 0.667. The molecule has 1 aromatic rings. The molecule has 1 aliphatic carbocycles. The molecule has 1 N–H and O–H groups in total. The minimum atomic E-state index is -3.43. The van der Waals surface area contributed by atoms with Gasteiger partial charge in [0.1, 0.15) is 4.21 Å². The van der Waals surface area contributed by atoms with E-state index in [1.54, 1.807) is 6.07 Å². The molecule has 0 saturated heterocycles. The van der Waals surface area contributed by atoms with E-state index in [2.05, 4.69) is 4.72 Å². The Labute approximate surface area is 128 Å². The summed E-state index contributed by atoms with van der Waals surface area (Å²) in [6, 6.07) is 3.14. The van der Waals surface area contributed by atoms with Crippen LogP contribution in [-0.2, 0) is 10.0 Å². The highest BCUT2D eigenvalue weighted by Crippen LogP contribution is 2.31. The molecule has 1 fully saturated rings. The van der Waals surface area contributed by atoms with Gasteiger partial charge in [-0.05, 0) is 36.8 Å². The highest BCUT2D eigenvalue weighted by atomic mass is 35.5. The fourth-order valence-corrected chi connectivity index (χ4v) is 5.51. The van der Waals surface area contributed by atoms with Gasteiger partial charge in [-0.25, -0.2) is 13.1 Å². The van der Waals surface area contributed by atoms with Crippen molar-refractivity contribution in [3.05, 3.63) is 16.5 Å². The summed E-state index contributed by atoms with van der Waals surface area (Å²) in [5.74, 6) is 1.37. The van der Waals surface area contributed by atoms with Crippen LogP contribution in [0.3, 0.4) is 0 Å². The lowest BCUT2D eigenvalue weighted by Gasteiger charge is -2.30. The van der Waals surface area contributed by atoms with Gasteiger partial charge in [0, 0.05) is 12.4 Å². The molecule has 7 heteroatoms. The molecular formula is C12H17Cl2NO2S2. The van der Waals surface area contributed by atoms with Crippen molar-refractivity contribution in [2.75, 3.05) is 12.4 Å². The zero-order valence-electron chi connectivity index (χ0n) is 10.4. The van der Waals surface area contributed by atoms with E-state index >= 15 is 0 Å². The smallest absolute Gasteiger partial charge is 0.210 e. The number of halogens is 2. The molecule has 3 nitrogen and oxygen atoms in total. The second kappa shape index (κ2) is 6.76. The van der Waals surface area contributed by atoms with Crippen molar-refractivity contribution in [3.63, 3.8) is 0 Å². The van der Waals surface area contributed by atoms with Crippen LogP contribution in [0.5, 0.6) is 0 Å². The SMILES string of the molecule is O=S(=O)(NCC1CCCCC1CCl)c1ccc(Cl)s1. The Morgan fingerprint density at radius 1 is 1.26 bits per heavy atom. The van der Waals surface area contributed by atoms with Crippen LogP contribution in [0.15, 0.2) is 16.3 Å². The number of alkyl halides is 1. The van der Waals surface area contributed by atoms with Crippen LogP contribution in [0.25, 0.3) is 0 Å². The molecule has 2 atom stereocenters. The Hall–Kier alpha value is 0.190. The Balaban J connectivity index is 1.97. The highest BCUT2D eigenvalue weighted by molar-refractivity contribution is 7.91. The molecule has 1 heterocycles. The Bertz CT molecular complexity index is 516. The van der Waals surface area contributed by atoms with E-state index in [0.717, 1.165) is 30.6 Å². The van der Waals surface area contributed by atoms with E-state index in [9.17, 15) is 8.42 Å². The predicted octanol–water partition coefficient (Wildman–Crippen LogP) is 3.73. The minimum Gasteiger partial charge on any atom is -0.210 e. The van der Waals surface area contributed by atoms with Crippen LogP contribution in [0, 0.1) is 11.8 Å². The first-order valence-corrected chi connectivity index (χ1v) is 9.55. The lowest BCUT2D eigenvalue weighted by molar-refractivity contribution is 0.260. The van der Waals surface area contributed by atoms with Crippen LogP contribution < -0.4 is 4.72 Å². The number of hydrogen-bond acceptors (Lipinski definition) is 3. The van der Waals surface area contributed by atoms with Crippen LogP contribution >= 0.6 is 34.5 Å². The zero-order chi connectivity index (χ0) is 13.9. The van der Waals surface area contributed by atoms with Crippen molar-refractivity contribution in [1.82, 2.24) is 4.72 Å². The first-order chi connectivity index (χ1) is 9.03. The van der Waals surface area contributed by atoms with Crippen molar-refractivity contribution in [2.45, 2.75) is 29.9 Å². The van der Waals surface area contributed by atoms with Crippen molar-refractivity contribution in [2.24, 2.45) is 11.8 Å². The normalized spacial score (nSPS) is 24.5. The molecule has 1 aliphatic rings. The van der Waals surface area contributed by atoms with Gasteiger partial charge in [-0.3, -0.25) is 0 Å². The molecule has 1 aromatic heterocycles. The average molecular weight is 342 g/mol. The number of rotatable bonds is 5. The molecule has 0 spiro atoms. The summed E-state index contributed by atoms with van der Waals surface area (Å²) >= 11 is 12.8. The monoisotopic (exact) mass is 341 g/mol. The molecule has 108 valence electrons. The van der Waals surface area contributed by atoms with E-state index in [4.69, 9.17) is 23.2 Å². The van der Waals surface area contributed by atoms with Crippen molar-refractivity contribution in [3.8, 4) is 0 Å². The summed E-state index contributed by atoms with van der Waals surface area (Å²) in [7, 11) is -3.43. The molecule has 0 bridgehead atoms. The molecule has 2 rings (SSSR count). The van der Waals surface area contributed by atoms with Gasteiger partial charge in [-0.2, -0.15) is 0 Å². The average Bonchev–Trinajstić information content (AvgIpc) is 2.84. The van der Waals surface area contributed by atoms with Crippen LogP contribution in [0.2, 0.25) is 4.34 Å². The summed E-state index contributed by atoms with van der Waals surface area (Å²) in [4.78, 5) is 0. The van der Waals surface area contributed by atoms with Gasteiger partial charge in [0.05, 0.1) is 4.34 Å². The first-order valence-electron chi connectivity index (χ1n) is 6.34. The number of sulfonamides is 1. The molecular weight excluding hydrogens is 325 g/mol. The van der Waals surface area contributed by atoms with Gasteiger partial charge < -0.3 is 0 Å². The highest BCUT2D eigenvalue weighted by Gasteiger charge is 2.26. The Morgan fingerprint density at radius 3 is 2.53 bits per heavy atom. The third kappa shape index (κ3) is 4.08. The van der Waals surface area contributed by atoms with Crippen LogP contribution in [0.4, 0.5) is 0 Å². The number of hydrogen-bond donors (Lipinski definition) is 1. The summed E-state index contributed by atoms with van der Waals surface area (Å²) in [5.41, 5.74) is 0. The van der Waals surface area contributed by atoms with Crippen molar-refractivity contribution in [1.29, 1.82) is 0 Å². The maximum absolute atomic E-state index is 12.1. The lowest BCUT2D eigenvalue weighted by atomic mass is 9.80. The second-order valence-corrected chi connectivity index (χ2v) is 8.89. The van der Waals surface area contributed by atoms with E-state index in [1.807, 2.05) is 0 Å². The van der Waals surface area contributed by atoms with Gasteiger partial charge in [0.15, 0.2) is 0 Å². The zero-order valence-corrected chi connectivity index (χ0v) is 13.6. The largest absolute Gasteiger partial charge is 0.250 e. The number of thiophene rings is 1. The van der Waals surface area contributed by atoms with Gasteiger partial charge in [0.25, 0.3) is 0 Å². The van der Waals surface area contributed by atoms with Crippen LogP contribution in [0.1, 0.15) is 25.7 Å². The Morgan fingerprint density at radius 2 is 1.95 bits per heavy atom. The van der Waals surface area contributed by atoms with Crippen molar-refractivity contribution >= 4 is 44.6 Å². The van der Waals surface area contributed by atoms with E-state index in [-0.39, 0.29) is 4.21 Å². The molecule has 0 aliphatic heterocycles. The summed E-state index contributed by atoms with van der Waals surface area (Å²) in [6.07, 6.45) is 4.50. The third-order valence-corrected chi connectivity index (χ3v) is 7.16. The molecule has 0 aromatic carbocycles. The van der Waals surface area contributed by atoms with Gasteiger partial charge >= 0.3 is 0 Å². The quantitative estimate of drug-likeness (QED) is 0.829. The van der Waals surface area contributed by atoms with E-state index in [1.165, 1.54) is 12.5 Å². The lowest BCUT2D eigenvalue weighted by Crippen LogP contribution is -2.34. The van der Waals surface area contributed by atoms with Crippen molar-refractivity contribution < 1.29 is 8.42 Å². The summed E-state index contributed by atoms with van der Waals surface area (Å²) < 4.78 is 27.6. The minimum absolute atomic E-state index is 0.274. The van der Waals surface area contributed by atoms with Gasteiger partial charge in [-0.1, -0.05) is 24.4 Å². The maximum atomic E-state index is 12.1. The molecule has 1 saturated carbocycles. The molecule has 0 radical (unpaired) electrons. The Kier molecular flexibility index (Phi) is 5.55. The van der Waals surface area contributed by atoms with Gasteiger partial charge in [-0.15, -0.1) is 22.9 Å². The topological polar surface area (TPSA) is 46.2 Å². The predicted molar refractivity (Wildman–Crippen MR) is 80.7 cm³/mol. The van der Waals surface area contributed by atoms with Crippen LogP contribution in [-0.4, -0.2) is 20.8 Å². The van der Waals surface area contributed by atoms with Gasteiger partial charge in [0.2, 0.25) is 10.0 Å². The summed E-state index contributed by atoms with van der Waals surface area (Å²) in [5, 5.41) is 0. The molecule has 2 unspecified atom stereocenters. The molecule has 0 amide bonds.